The molecule has 0 fully saturated rings. The number of esters is 3. The Morgan fingerprint density at radius 3 is 0.838 bits per heavy atom. The zero-order chi connectivity index (χ0) is 49.6. The third-order valence-corrected chi connectivity index (χ3v) is 14.6. The lowest BCUT2D eigenvalue weighted by Crippen LogP contribution is -2.30. The lowest BCUT2D eigenvalue weighted by atomic mass is 9.99. The molecule has 0 amide bonds. The van der Waals surface area contributed by atoms with Crippen molar-refractivity contribution < 1.29 is 28.6 Å². The summed E-state index contributed by atoms with van der Waals surface area (Å²) in [6.07, 6.45) is 59.5. The second-order valence-electron chi connectivity index (χ2n) is 22.1. The van der Waals surface area contributed by atoms with Crippen molar-refractivity contribution in [3.8, 4) is 0 Å². The minimum Gasteiger partial charge on any atom is -0.462 e. The highest BCUT2D eigenvalue weighted by Crippen LogP contribution is 2.19. The minimum atomic E-state index is -0.763. The van der Waals surface area contributed by atoms with Crippen molar-refractivity contribution in [3.05, 3.63) is 0 Å². The van der Waals surface area contributed by atoms with Crippen LogP contribution in [0.15, 0.2) is 0 Å². The van der Waals surface area contributed by atoms with Crippen molar-refractivity contribution >= 4 is 17.9 Å². The molecule has 0 aromatic rings. The highest BCUT2D eigenvalue weighted by atomic mass is 16.6. The van der Waals surface area contributed by atoms with E-state index in [1.54, 1.807) is 0 Å². The van der Waals surface area contributed by atoms with E-state index in [0.717, 1.165) is 69.6 Å². The standard InChI is InChI=1S/C62H120O6/c1-6-8-9-10-11-12-13-14-15-16-17-22-29-34-39-44-49-54-62(65)68-59(56-67-61(64)53-48-43-38-33-28-24-23-25-30-35-40-45-50-57(3)4)55-66-60(63)52-47-42-37-32-27-21-19-18-20-26-31-36-41-46-51-58(5)7-2/h57-59H,6-56H2,1-5H3/t58?,59-/m0/s1. The van der Waals surface area contributed by atoms with E-state index in [1.807, 2.05) is 0 Å². The van der Waals surface area contributed by atoms with Crippen molar-refractivity contribution in [2.24, 2.45) is 11.8 Å². The normalized spacial score (nSPS) is 12.4. The van der Waals surface area contributed by atoms with Crippen LogP contribution in [0.4, 0.5) is 0 Å². The SMILES string of the molecule is CCCCCCCCCCCCCCCCCCCC(=O)O[C@@H](COC(=O)CCCCCCCCCCCCCCCCC(C)CC)COC(=O)CCCCCCCCCCCCCCC(C)C. The molecule has 1 unspecified atom stereocenters. The molecule has 68 heavy (non-hydrogen) atoms. The summed E-state index contributed by atoms with van der Waals surface area (Å²) in [7, 11) is 0. The fourth-order valence-electron chi connectivity index (χ4n) is 9.55. The van der Waals surface area contributed by atoms with Gasteiger partial charge in [-0.2, -0.15) is 0 Å². The second-order valence-corrected chi connectivity index (χ2v) is 22.1. The molecular formula is C62H120O6. The van der Waals surface area contributed by atoms with E-state index >= 15 is 0 Å². The third kappa shape index (κ3) is 53.8. The minimum absolute atomic E-state index is 0.0622. The lowest BCUT2D eigenvalue weighted by Gasteiger charge is -2.18. The van der Waals surface area contributed by atoms with E-state index in [0.29, 0.717) is 19.3 Å². The summed E-state index contributed by atoms with van der Waals surface area (Å²) in [5, 5.41) is 0. The molecule has 0 aliphatic carbocycles. The Bertz CT molecular complexity index is 1040. The molecule has 0 aliphatic rings. The summed E-state index contributed by atoms with van der Waals surface area (Å²) in [5.74, 6) is 0.895. The first-order valence-corrected chi connectivity index (χ1v) is 30.8. The topological polar surface area (TPSA) is 78.9 Å². The van der Waals surface area contributed by atoms with Crippen molar-refractivity contribution in [1.29, 1.82) is 0 Å². The van der Waals surface area contributed by atoms with Gasteiger partial charge in [0.2, 0.25) is 0 Å². The average molecular weight is 962 g/mol. The molecule has 0 aromatic carbocycles. The van der Waals surface area contributed by atoms with E-state index in [1.165, 1.54) is 238 Å². The van der Waals surface area contributed by atoms with Gasteiger partial charge < -0.3 is 14.2 Å². The first-order valence-electron chi connectivity index (χ1n) is 30.8. The summed E-state index contributed by atoms with van der Waals surface area (Å²) in [6.45, 7) is 11.5. The Labute approximate surface area is 425 Å². The quantitative estimate of drug-likeness (QED) is 0.0343. The number of hydrogen-bond acceptors (Lipinski definition) is 6. The predicted molar refractivity (Wildman–Crippen MR) is 293 cm³/mol. The van der Waals surface area contributed by atoms with Crippen LogP contribution in [-0.2, 0) is 28.6 Å². The van der Waals surface area contributed by atoms with E-state index in [2.05, 4.69) is 34.6 Å². The number of hydrogen-bond donors (Lipinski definition) is 0. The van der Waals surface area contributed by atoms with Gasteiger partial charge in [0.1, 0.15) is 13.2 Å². The van der Waals surface area contributed by atoms with Gasteiger partial charge in [0.15, 0.2) is 6.10 Å². The van der Waals surface area contributed by atoms with Gasteiger partial charge in [-0.05, 0) is 31.1 Å². The number of carbonyl (C=O) groups excluding carboxylic acids is 3. The van der Waals surface area contributed by atoms with Gasteiger partial charge in [0, 0.05) is 19.3 Å². The molecular weight excluding hydrogens is 841 g/mol. The molecule has 2 atom stereocenters. The van der Waals surface area contributed by atoms with Gasteiger partial charge in [0.25, 0.3) is 0 Å². The van der Waals surface area contributed by atoms with Crippen LogP contribution in [0.5, 0.6) is 0 Å². The first-order chi connectivity index (χ1) is 33.3. The molecule has 0 spiro atoms. The molecule has 404 valence electrons. The maximum absolute atomic E-state index is 12.9. The average Bonchev–Trinajstić information content (AvgIpc) is 3.32. The number of rotatable bonds is 56. The summed E-state index contributed by atoms with van der Waals surface area (Å²) in [4.78, 5) is 38.2. The Balaban J connectivity index is 4.30. The Morgan fingerprint density at radius 1 is 0.309 bits per heavy atom. The van der Waals surface area contributed by atoms with Crippen molar-refractivity contribution in [2.75, 3.05) is 13.2 Å². The van der Waals surface area contributed by atoms with Gasteiger partial charge in [0.05, 0.1) is 0 Å². The van der Waals surface area contributed by atoms with Crippen LogP contribution >= 0.6 is 0 Å². The third-order valence-electron chi connectivity index (χ3n) is 14.6. The number of ether oxygens (including phenoxy) is 3. The molecule has 6 heteroatoms. The molecule has 0 bridgehead atoms. The molecule has 0 saturated heterocycles. The molecule has 0 saturated carbocycles. The molecule has 0 heterocycles. The van der Waals surface area contributed by atoms with E-state index in [9.17, 15) is 14.4 Å². The first kappa shape index (κ1) is 66.4. The highest BCUT2D eigenvalue weighted by Gasteiger charge is 2.19. The molecule has 0 aliphatic heterocycles. The lowest BCUT2D eigenvalue weighted by molar-refractivity contribution is -0.167. The van der Waals surface area contributed by atoms with Crippen LogP contribution in [0, 0.1) is 11.8 Å². The maximum Gasteiger partial charge on any atom is 0.306 e. The molecule has 0 radical (unpaired) electrons. The van der Waals surface area contributed by atoms with E-state index in [-0.39, 0.29) is 31.1 Å². The van der Waals surface area contributed by atoms with Crippen molar-refractivity contribution in [1.82, 2.24) is 0 Å². The highest BCUT2D eigenvalue weighted by molar-refractivity contribution is 5.71. The summed E-state index contributed by atoms with van der Waals surface area (Å²) < 4.78 is 16.9. The van der Waals surface area contributed by atoms with Gasteiger partial charge in [-0.15, -0.1) is 0 Å². The Morgan fingerprint density at radius 2 is 0.559 bits per heavy atom. The van der Waals surface area contributed by atoms with Crippen LogP contribution in [-0.4, -0.2) is 37.2 Å². The van der Waals surface area contributed by atoms with Crippen molar-refractivity contribution in [2.45, 2.75) is 355 Å². The smallest absolute Gasteiger partial charge is 0.306 e. The van der Waals surface area contributed by atoms with Gasteiger partial charge in [-0.25, -0.2) is 0 Å². The van der Waals surface area contributed by atoms with E-state index < -0.39 is 6.10 Å². The monoisotopic (exact) mass is 961 g/mol. The zero-order valence-electron chi connectivity index (χ0n) is 46.7. The predicted octanol–water partition coefficient (Wildman–Crippen LogP) is 20.4. The van der Waals surface area contributed by atoms with Gasteiger partial charge in [-0.3, -0.25) is 14.4 Å². The zero-order valence-corrected chi connectivity index (χ0v) is 46.7. The van der Waals surface area contributed by atoms with E-state index in [4.69, 9.17) is 14.2 Å². The largest absolute Gasteiger partial charge is 0.462 e. The van der Waals surface area contributed by atoms with Gasteiger partial charge in [-0.1, -0.05) is 311 Å². The second kappa shape index (κ2) is 54.7. The van der Waals surface area contributed by atoms with Crippen LogP contribution < -0.4 is 0 Å². The summed E-state index contributed by atoms with van der Waals surface area (Å²) in [5.41, 5.74) is 0. The molecule has 0 rings (SSSR count). The fourth-order valence-corrected chi connectivity index (χ4v) is 9.55. The van der Waals surface area contributed by atoms with Crippen LogP contribution in [0.1, 0.15) is 349 Å². The molecule has 0 N–H and O–H groups in total. The number of carbonyl (C=O) groups is 3. The Kier molecular flexibility index (Phi) is 53.5. The van der Waals surface area contributed by atoms with Crippen molar-refractivity contribution in [3.63, 3.8) is 0 Å². The molecule has 0 aromatic heterocycles. The Hall–Kier alpha value is -1.59. The van der Waals surface area contributed by atoms with Crippen LogP contribution in [0.2, 0.25) is 0 Å². The summed E-state index contributed by atoms with van der Waals surface area (Å²) >= 11 is 0. The maximum atomic E-state index is 12.9. The fraction of sp³-hybridized carbons (Fsp3) is 0.952. The number of unbranched alkanes of at least 4 members (excludes halogenated alkanes) is 40. The molecule has 6 nitrogen and oxygen atoms in total. The van der Waals surface area contributed by atoms with Crippen LogP contribution in [0.3, 0.4) is 0 Å². The van der Waals surface area contributed by atoms with Crippen LogP contribution in [0.25, 0.3) is 0 Å². The summed E-state index contributed by atoms with van der Waals surface area (Å²) in [6, 6.07) is 0. The van der Waals surface area contributed by atoms with Gasteiger partial charge >= 0.3 is 17.9 Å².